The number of oxazole rings is 1. The van der Waals surface area contributed by atoms with E-state index in [-0.39, 0.29) is 24.4 Å². The lowest BCUT2D eigenvalue weighted by atomic mass is 10.0. The van der Waals surface area contributed by atoms with E-state index in [1.165, 1.54) is 9.36 Å². The number of hydrogen-bond donors (Lipinski definition) is 1. The van der Waals surface area contributed by atoms with Crippen LogP contribution >= 0.6 is 0 Å². The van der Waals surface area contributed by atoms with Crippen molar-refractivity contribution in [1.29, 1.82) is 0 Å². The third-order valence-electron chi connectivity index (χ3n) is 3.85. The van der Waals surface area contributed by atoms with Crippen molar-refractivity contribution in [1.82, 2.24) is 24.9 Å². The Balaban J connectivity index is 1.73. The van der Waals surface area contributed by atoms with Gasteiger partial charge in [-0.05, 0) is 18.1 Å². The van der Waals surface area contributed by atoms with Gasteiger partial charge in [-0.15, -0.1) is 0 Å². The van der Waals surface area contributed by atoms with Gasteiger partial charge in [-0.1, -0.05) is 26.0 Å². The number of fused-ring (bicyclic) bond motifs is 1. The number of nitrogens with one attached hydrogen (secondary N) is 1. The summed E-state index contributed by atoms with van der Waals surface area (Å²) in [6.45, 7) is 4.39. The van der Waals surface area contributed by atoms with Crippen molar-refractivity contribution < 1.29 is 9.21 Å². The molecule has 3 rings (SSSR count). The molecule has 0 unspecified atom stereocenters. The smallest absolute Gasteiger partial charge is 0.408 e. The summed E-state index contributed by atoms with van der Waals surface area (Å²) in [5.74, 6) is -0.603. The van der Waals surface area contributed by atoms with Crippen molar-refractivity contribution in [2.45, 2.75) is 33.0 Å². The highest BCUT2D eigenvalue weighted by Gasteiger charge is 2.19. The average Bonchev–Trinajstić information content (AvgIpc) is 3.15. The molecule has 0 fully saturated rings. The van der Waals surface area contributed by atoms with Gasteiger partial charge in [0.05, 0.1) is 30.5 Å². The summed E-state index contributed by atoms with van der Waals surface area (Å²) in [6, 6.07) is 6.89. The molecule has 0 aliphatic carbocycles. The summed E-state index contributed by atoms with van der Waals surface area (Å²) in [5.41, 5.74) is 1.07. The number of amides is 1. The Morgan fingerprint density at radius 3 is 2.67 bits per heavy atom. The predicted molar refractivity (Wildman–Crippen MR) is 87.3 cm³/mol. The Labute approximate surface area is 138 Å². The minimum atomic E-state index is -0.541. The molecule has 2 heterocycles. The lowest BCUT2D eigenvalue weighted by molar-refractivity contribution is -0.122. The SMILES string of the molecule is CC(C)[C@@H](Cn1nccn1)NC(=O)Cn1c(=O)oc2ccccc21. The van der Waals surface area contributed by atoms with E-state index in [0.717, 1.165) is 0 Å². The van der Waals surface area contributed by atoms with Crippen LogP contribution in [-0.4, -0.2) is 31.5 Å². The molecule has 0 spiro atoms. The molecule has 1 amide bonds. The minimum absolute atomic E-state index is 0.0917. The second kappa shape index (κ2) is 6.69. The Kier molecular flexibility index (Phi) is 4.45. The van der Waals surface area contributed by atoms with E-state index >= 15 is 0 Å². The van der Waals surface area contributed by atoms with Gasteiger partial charge in [0.1, 0.15) is 6.54 Å². The van der Waals surface area contributed by atoms with Gasteiger partial charge in [-0.25, -0.2) is 4.79 Å². The molecule has 0 saturated carbocycles. The summed E-state index contributed by atoms with van der Waals surface area (Å²) in [4.78, 5) is 25.9. The molecule has 8 heteroatoms. The van der Waals surface area contributed by atoms with Gasteiger partial charge in [0.25, 0.3) is 0 Å². The molecule has 24 heavy (non-hydrogen) atoms. The number of nitrogens with zero attached hydrogens (tertiary/aromatic N) is 4. The molecule has 3 aromatic rings. The van der Waals surface area contributed by atoms with Crippen molar-refractivity contribution in [3.05, 3.63) is 47.2 Å². The van der Waals surface area contributed by atoms with E-state index in [9.17, 15) is 9.59 Å². The first-order chi connectivity index (χ1) is 11.5. The topological polar surface area (TPSA) is 95.0 Å². The zero-order chi connectivity index (χ0) is 17.1. The highest BCUT2D eigenvalue weighted by Crippen LogP contribution is 2.11. The summed E-state index contributed by atoms with van der Waals surface area (Å²) in [7, 11) is 0. The van der Waals surface area contributed by atoms with Crippen LogP contribution in [0.4, 0.5) is 0 Å². The fourth-order valence-corrected chi connectivity index (χ4v) is 2.50. The van der Waals surface area contributed by atoms with Crippen molar-refractivity contribution >= 4 is 17.0 Å². The Morgan fingerprint density at radius 2 is 1.96 bits per heavy atom. The van der Waals surface area contributed by atoms with Crippen LogP contribution in [0.3, 0.4) is 0 Å². The summed E-state index contributed by atoms with van der Waals surface area (Å²) >= 11 is 0. The fourth-order valence-electron chi connectivity index (χ4n) is 2.50. The lowest BCUT2D eigenvalue weighted by Crippen LogP contribution is -2.44. The van der Waals surface area contributed by atoms with E-state index in [2.05, 4.69) is 15.5 Å². The van der Waals surface area contributed by atoms with Crippen LogP contribution < -0.4 is 11.1 Å². The molecular formula is C16H19N5O3. The summed E-state index contributed by atoms with van der Waals surface area (Å²) in [6.07, 6.45) is 3.19. The van der Waals surface area contributed by atoms with E-state index in [1.807, 2.05) is 13.8 Å². The molecule has 0 aliphatic rings. The van der Waals surface area contributed by atoms with Gasteiger partial charge < -0.3 is 9.73 Å². The largest absolute Gasteiger partial charge is 0.420 e. The molecule has 8 nitrogen and oxygen atoms in total. The van der Waals surface area contributed by atoms with Crippen LogP contribution in [0.25, 0.3) is 11.1 Å². The Hall–Kier alpha value is -2.90. The van der Waals surface area contributed by atoms with Gasteiger partial charge in [0, 0.05) is 0 Å². The molecule has 0 aliphatic heterocycles. The molecule has 1 atom stereocenters. The van der Waals surface area contributed by atoms with E-state index < -0.39 is 5.76 Å². The monoisotopic (exact) mass is 329 g/mol. The van der Waals surface area contributed by atoms with Crippen molar-refractivity contribution in [2.75, 3.05) is 0 Å². The van der Waals surface area contributed by atoms with Gasteiger partial charge in [0.15, 0.2) is 5.58 Å². The highest BCUT2D eigenvalue weighted by molar-refractivity contribution is 5.79. The second-order valence-corrected chi connectivity index (χ2v) is 5.92. The minimum Gasteiger partial charge on any atom is -0.408 e. The van der Waals surface area contributed by atoms with Gasteiger partial charge in [-0.2, -0.15) is 15.0 Å². The fraction of sp³-hybridized carbons (Fsp3) is 0.375. The molecule has 1 aromatic carbocycles. The first kappa shape index (κ1) is 16.0. The quantitative estimate of drug-likeness (QED) is 0.729. The van der Waals surface area contributed by atoms with Crippen LogP contribution in [-0.2, 0) is 17.9 Å². The standard InChI is InChI=1S/C16H19N5O3/c1-11(2)12(9-21-17-7-8-18-21)19-15(22)10-20-13-5-3-4-6-14(13)24-16(20)23/h3-8,11-12H,9-10H2,1-2H3,(H,19,22)/t12-/m1/s1. The van der Waals surface area contributed by atoms with Gasteiger partial charge >= 0.3 is 5.76 Å². The predicted octanol–water partition coefficient (Wildman–Crippen LogP) is 1.03. The molecular weight excluding hydrogens is 310 g/mol. The maximum atomic E-state index is 12.4. The number of carbonyl (C=O) groups is 1. The number of para-hydroxylation sites is 2. The molecule has 0 bridgehead atoms. The normalized spacial score (nSPS) is 12.6. The number of carbonyl (C=O) groups excluding carboxylic acids is 1. The third kappa shape index (κ3) is 3.37. The van der Waals surface area contributed by atoms with Gasteiger partial charge in [0.2, 0.25) is 5.91 Å². The van der Waals surface area contributed by atoms with Crippen LogP contribution in [0.15, 0.2) is 45.9 Å². The Morgan fingerprint density at radius 1 is 1.25 bits per heavy atom. The van der Waals surface area contributed by atoms with Crippen molar-refractivity contribution in [3.8, 4) is 0 Å². The van der Waals surface area contributed by atoms with Crippen molar-refractivity contribution in [2.24, 2.45) is 5.92 Å². The van der Waals surface area contributed by atoms with E-state index in [0.29, 0.717) is 17.6 Å². The Bertz CT molecular complexity index is 879. The molecule has 0 saturated heterocycles. The first-order valence-electron chi connectivity index (χ1n) is 7.76. The van der Waals surface area contributed by atoms with Crippen LogP contribution in [0.2, 0.25) is 0 Å². The zero-order valence-corrected chi connectivity index (χ0v) is 13.5. The van der Waals surface area contributed by atoms with Crippen LogP contribution in [0.5, 0.6) is 0 Å². The number of rotatable bonds is 6. The molecule has 126 valence electrons. The lowest BCUT2D eigenvalue weighted by Gasteiger charge is -2.21. The molecule has 2 aromatic heterocycles. The van der Waals surface area contributed by atoms with Crippen LogP contribution in [0.1, 0.15) is 13.8 Å². The molecule has 0 radical (unpaired) electrons. The summed E-state index contributed by atoms with van der Waals surface area (Å²) < 4.78 is 6.47. The van der Waals surface area contributed by atoms with Gasteiger partial charge in [-0.3, -0.25) is 9.36 Å². The van der Waals surface area contributed by atoms with Crippen molar-refractivity contribution in [3.63, 3.8) is 0 Å². The first-order valence-corrected chi connectivity index (χ1v) is 7.76. The summed E-state index contributed by atoms with van der Waals surface area (Å²) in [5, 5.41) is 11.1. The van der Waals surface area contributed by atoms with E-state index in [4.69, 9.17) is 4.42 Å². The maximum absolute atomic E-state index is 12.4. The highest BCUT2D eigenvalue weighted by atomic mass is 16.4. The number of aromatic nitrogens is 4. The third-order valence-corrected chi connectivity index (χ3v) is 3.85. The number of hydrogen-bond acceptors (Lipinski definition) is 5. The average molecular weight is 329 g/mol. The number of benzene rings is 1. The van der Waals surface area contributed by atoms with E-state index in [1.54, 1.807) is 36.7 Å². The maximum Gasteiger partial charge on any atom is 0.420 e. The zero-order valence-electron chi connectivity index (χ0n) is 13.5. The molecule has 1 N–H and O–H groups in total. The second-order valence-electron chi connectivity index (χ2n) is 5.92. The van der Waals surface area contributed by atoms with Crippen LogP contribution in [0, 0.1) is 5.92 Å².